The lowest BCUT2D eigenvalue weighted by Crippen LogP contribution is -1.89. The van der Waals surface area contributed by atoms with Crippen molar-refractivity contribution in [2.75, 3.05) is 6.61 Å². The minimum Gasteiger partial charge on any atom is -0.396 e. The molecule has 0 bridgehead atoms. The predicted molar refractivity (Wildman–Crippen MR) is 67.8 cm³/mol. The van der Waals surface area contributed by atoms with E-state index >= 15 is 0 Å². The summed E-state index contributed by atoms with van der Waals surface area (Å²) in [5, 5.41) is 17.3. The normalized spacial score (nSPS) is 10.9. The molecule has 86 valence electrons. The molecule has 0 saturated carbocycles. The van der Waals surface area contributed by atoms with E-state index < -0.39 is 0 Å². The Balaban J connectivity index is 2.21. The van der Waals surface area contributed by atoms with Gasteiger partial charge in [0.1, 0.15) is 0 Å². The van der Waals surface area contributed by atoms with Crippen molar-refractivity contribution >= 4 is 11.4 Å². The number of benzene rings is 2. The van der Waals surface area contributed by atoms with Gasteiger partial charge in [-0.15, -0.1) is 0 Å². The van der Waals surface area contributed by atoms with E-state index in [2.05, 4.69) is 10.2 Å². The molecule has 0 unspecified atom stereocenters. The molecule has 0 radical (unpaired) electrons. The Hall–Kier alpha value is -2.00. The van der Waals surface area contributed by atoms with Crippen molar-refractivity contribution in [2.24, 2.45) is 10.2 Å². The van der Waals surface area contributed by atoms with Crippen molar-refractivity contribution in [3.05, 3.63) is 60.2 Å². The van der Waals surface area contributed by atoms with E-state index in [1.54, 1.807) is 0 Å². The Morgan fingerprint density at radius 2 is 1.53 bits per heavy atom. The lowest BCUT2D eigenvalue weighted by Gasteiger charge is -2.01. The van der Waals surface area contributed by atoms with Crippen molar-refractivity contribution in [1.82, 2.24) is 0 Å². The number of aliphatic hydroxyl groups is 1. The molecule has 0 aliphatic heterocycles. The highest BCUT2D eigenvalue weighted by Gasteiger charge is 1.99. The van der Waals surface area contributed by atoms with Crippen molar-refractivity contribution in [2.45, 2.75) is 6.42 Å². The Bertz CT molecular complexity index is 495. The van der Waals surface area contributed by atoms with Crippen LogP contribution in [0.15, 0.2) is 64.8 Å². The highest BCUT2D eigenvalue weighted by molar-refractivity contribution is 5.46. The van der Waals surface area contributed by atoms with Crippen LogP contribution in [0.5, 0.6) is 0 Å². The molecular weight excluding hydrogens is 212 g/mol. The summed E-state index contributed by atoms with van der Waals surface area (Å²) in [5.74, 6) is 0. The van der Waals surface area contributed by atoms with Crippen LogP contribution in [0.25, 0.3) is 0 Å². The van der Waals surface area contributed by atoms with Gasteiger partial charge in [-0.05, 0) is 30.2 Å². The zero-order chi connectivity index (χ0) is 11.9. The third-order valence-electron chi connectivity index (χ3n) is 2.40. The lowest BCUT2D eigenvalue weighted by molar-refractivity contribution is 0.300. The van der Waals surface area contributed by atoms with E-state index in [4.69, 9.17) is 5.11 Å². The van der Waals surface area contributed by atoms with Crippen LogP contribution in [0.4, 0.5) is 11.4 Å². The van der Waals surface area contributed by atoms with Crippen LogP contribution in [-0.2, 0) is 6.42 Å². The third-order valence-corrected chi connectivity index (χ3v) is 2.40. The maximum absolute atomic E-state index is 8.96. The topological polar surface area (TPSA) is 45.0 Å². The smallest absolute Gasteiger partial charge is 0.0889 e. The number of azo groups is 1. The average molecular weight is 226 g/mol. The standard InChI is InChI=1S/C14H14N2O/c17-11-10-12-6-4-5-9-14(12)16-15-13-7-2-1-3-8-13/h1-9,17H,10-11H2. The van der Waals surface area contributed by atoms with Gasteiger partial charge in [-0.2, -0.15) is 10.2 Å². The summed E-state index contributed by atoms with van der Waals surface area (Å²) in [4.78, 5) is 0. The molecule has 0 amide bonds. The summed E-state index contributed by atoms with van der Waals surface area (Å²) in [6, 6.07) is 17.3. The molecule has 0 aromatic heterocycles. The van der Waals surface area contributed by atoms with E-state index in [0.717, 1.165) is 16.9 Å². The summed E-state index contributed by atoms with van der Waals surface area (Å²) in [6.45, 7) is 0.123. The molecule has 3 nitrogen and oxygen atoms in total. The molecule has 0 fully saturated rings. The van der Waals surface area contributed by atoms with Crippen molar-refractivity contribution < 1.29 is 5.11 Å². The Kier molecular flexibility index (Phi) is 4.00. The number of nitrogens with zero attached hydrogens (tertiary/aromatic N) is 2. The maximum Gasteiger partial charge on any atom is 0.0889 e. The molecule has 0 saturated heterocycles. The van der Waals surface area contributed by atoms with Crippen LogP contribution in [0.3, 0.4) is 0 Å². The summed E-state index contributed by atoms with van der Waals surface area (Å²) in [6.07, 6.45) is 0.601. The molecule has 0 aliphatic rings. The number of aliphatic hydroxyl groups excluding tert-OH is 1. The van der Waals surface area contributed by atoms with Gasteiger partial charge in [0.15, 0.2) is 0 Å². The maximum atomic E-state index is 8.96. The first kappa shape index (κ1) is 11.5. The summed E-state index contributed by atoms with van der Waals surface area (Å²) in [5.41, 5.74) is 2.64. The fraction of sp³-hybridized carbons (Fsp3) is 0.143. The lowest BCUT2D eigenvalue weighted by atomic mass is 10.1. The minimum absolute atomic E-state index is 0.123. The SMILES string of the molecule is OCCc1ccccc1N=Nc1ccccc1. The average Bonchev–Trinajstić information content (AvgIpc) is 2.39. The minimum atomic E-state index is 0.123. The molecular formula is C14H14N2O. The molecule has 0 heterocycles. The van der Waals surface area contributed by atoms with Gasteiger partial charge < -0.3 is 5.11 Å². The molecule has 0 spiro atoms. The van der Waals surface area contributed by atoms with Gasteiger partial charge in [0.25, 0.3) is 0 Å². The number of rotatable bonds is 4. The second kappa shape index (κ2) is 5.92. The van der Waals surface area contributed by atoms with Crippen LogP contribution in [-0.4, -0.2) is 11.7 Å². The Labute approximate surface area is 100 Å². The van der Waals surface area contributed by atoms with Crippen LogP contribution in [0, 0.1) is 0 Å². The fourth-order valence-electron chi connectivity index (χ4n) is 1.55. The van der Waals surface area contributed by atoms with Crippen LogP contribution >= 0.6 is 0 Å². The van der Waals surface area contributed by atoms with E-state index in [1.165, 1.54) is 0 Å². The molecule has 1 N–H and O–H groups in total. The second-order valence-corrected chi connectivity index (χ2v) is 3.64. The Morgan fingerprint density at radius 3 is 2.29 bits per heavy atom. The number of hydrogen-bond donors (Lipinski definition) is 1. The van der Waals surface area contributed by atoms with Crippen LogP contribution in [0.2, 0.25) is 0 Å². The van der Waals surface area contributed by atoms with Crippen molar-refractivity contribution in [3.8, 4) is 0 Å². The van der Waals surface area contributed by atoms with Gasteiger partial charge in [0, 0.05) is 6.61 Å². The Morgan fingerprint density at radius 1 is 0.824 bits per heavy atom. The molecule has 3 heteroatoms. The molecule has 17 heavy (non-hydrogen) atoms. The molecule has 0 aliphatic carbocycles. The first-order valence-corrected chi connectivity index (χ1v) is 5.56. The zero-order valence-corrected chi connectivity index (χ0v) is 9.45. The van der Waals surface area contributed by atoms with E-state index in [1.807, 2.05) is 54.6 Å². The number of hydrogen-bond acceptors (Lipinski definition) is 3. The van der Waals surface area contributed by atoms with E-state index in [-0.39, 0.29) is 6.61 Å². The predicted octanol–water partition coefficient (Wildman–Crippen LogP) is 3.64. The quantitative estimate of drug-likeness (QED) is 0.795. The van der Waals surface area contributed by atoms with E-state index in [9.17, 15) is 0 Å². The molecule has 2 aromatic carbocycles. The summed E-state index contributed by atoms with van der Waals surface area (Å²) >= 11 is 0. The third kappa shape index (κ3) is 3.23. The zero-order valence-electron chi connectivity index (χ0n) is 9.45. The van der Waals surface area contributed by atoms with Crippen LogP contribution < -0.4 is 0 Å². The molecule has 2 rings (SSSR count). The first-order chi connectivity index (χ1) is 8.40. The summed E-state index contributed by atoms with van der Waals surface area (Å²) < 4.78 is 0. The van der Waals surface area contributed by atoms with E-state index in [0.29, 0.717) is 6.42 Å². The van der Waals surface area contributed by atoms with Gasteiger partial charge in [-0.1, -0.05) is 36.4 Å². The van der Waals surface area contributed by atoms with Gasteiger partial charge in [0.2, 0.25) is 0 Å². The monoisotopic (exact) mass is 226 g/mol. The second-order valence-electron chi connectivity index (χ2n) is 3.64. The highest BCUT2D eigenvalue weighted by atomic mass is 16.2. The van der Waals surface area contributed by atoms with Gasteiger partial charge in [-0.3, -0.25) is 0 Å². The van der Waals surface area contributed by atoms with Crippen molar-refractivity contribution in [1.29, 1.82) is 0 Å². The summed E-state index contributed by atoms with van der Waals surface area (Å²) in [7, 11) is 0. The van der Waals surface area contributed by atoms with Crippen LogP contribution in [0.1, 0.15) is 5.56 Å². The van der Waals surface area contributed by atoms with Gasteiger partial charge in [-0.25, -0.2) is 0 Å². The largest absolute Gasteiger partial charge is 0.396 e. The van der Waals surface area contributed by atoms with Crippen molar-refractivity contribution in [3.63, 3.8) is 0 Å². The molecule has 2 aromatic rings. The molecule has 0 atom stereocenters. The van der Waals surface area contributed by atoms with Gasteiger partial charge in [0.05, 0.1) is 11.4 Å². The van der Waals surface area contributed by atoms with Gasteiger partial charge >= 0.3 is 0 Å². The highest BCUT2D eigenvalue weighted by Crippen LogP contribution is 2.22. The fourth-order valence-corrected chi connectivity index (χ4v) is 1.55. The first-order valence-electron chi connectivity index (χ1n) is 5.56.